The van der Waals surface area contributed by atoms with Crippen molar-refractivity contribution >= 4 is 44.6 Å². The van der Waals surface area contributed by atoms with Crippen molar-refractivity contribution in [3.05, 3.63) is 132 Å². The van der Waals surface area contributed by atoms with Crippen LogP contribution < -0.4 is 21.1 Å². The quantitative estimate of drug-likeness (QED) is 0.0736. The molecule has 0 bridgehead atoms. The molecule has 15 heteroatoms. The van der Waals surface area contributed by atoms with Gasteiger partial charge >= 0.3 is 6.09 Å². The normalized spacial score (nSPS) is 16.3. The first kappa shape index (κ1) is 42.5. The Hall–Kier alpha value is -6.06. The lowest BCUT2D eigenvalue weighted by Crippen LogP contribution is -2.55. The number of benzene rings is 4. The number of fused-ring (bicyclic) bond motifs is 1. The average Bonchev–Trinajstić information content (AvgIpc) is 3.91. The van der Waals surface area contributed by atoms with Crippen LogP contribution in [0.3, 0.4) is 0 Å². The van der Waals surface area contributed by atoms with E-state index in [0.29, 0.717) is 48.2 Å². The smallest absolute Gasteiger partial charge is 0.408 e. The van der Waals surface area contributed by atoms with Crippen LogP contribution in [0.4, 0.5) is 4.79 Å². The van der Waals surface area contributed by atoms with Gasteiger partial charge in [-0.2, -0.15) is 0 Å². The number of Topliss-reactive ketones (excluding diaryl/α,β-unsaturated/α-hetero) is 1. The number of methoxy groups -OCH3 is 1. The molecule has 6 rings (SSSR count). The maximum Gasteiger partial charge on any atom is 0.408 e. The third-order valence-corrected chi connectivity index (χ3v) is 12.4. The summed E-state index contributed by atoms with van der Waals surface area (Å²) in [5, 5.41) is 4.36. The van der Waals surface area contributed by atoms with Gasteiger partial charge in [0.05, 0.1) is 24.2 Å². The van der Waals surface area contributed by atoms with E-state index in [1.54, 1.807) is 60.7 Å². The maximum absolute atomic E-state index is 14.7. The van der Waals surface area contributed by atoms with E-state index in [2.05, 4.69) is 15.6 Å². The highest BCUT2D eigenvalue weighted by Gasteiger charge is 2.47. The molecular formula is C44H49N5O9S. The monoisotopic (exact) mass is 823 g/mol. The Balaban J connectivity index is 1.28. The van der Waals surface area contributed by atoms with Crippen LogP contribution in [-0.2, 0) is 42.9 Å². The van der Waals surface area contributed by atoms with Crippen LogP contribution in [0, 0.1) is 0 Å². The number of ether oxygens (including phenoxy) is 2. The topological polar surface area (TPSA) is 200 Å². The number of likely N-dealkylation sites (tertiary alicyclic amines) is 1. The van der Waals surface area contributed by atoms with E-state index in [-0.39, 0.29) is 44.1 Å². The second kappa shape index (κ2) is 20.1. The Morgan fingerprint density at radius 2 is 1.51 bits per heavy atom. The maximum atomic E-state index is 14.7. The van der Waals surface area contributed by atoms with E-state index in [0.717, 1.165) is 11.1 Å². The summed E-state index contributed by atoms with van der Waals surface area (Å²) in [6, 6.07) is 28.3. The first-order valence-electron chi connectivity index (χ1n) is 19.6. The minimum atomic E-state index is -3.96. The molecule has 310 valence electrons. The van der Waals surface area contributed by atoms with Gasteiger partial charge in [-0.15, -0.1) is 0 Å². The van der Waals surface area contributed by atoms with E-state index in [1.165, 1.54) is 12.0 Å². The Morgan fingerprint density at radius 3 is 2.19 bits per heavy atom. The van der Waals surface area contributed by atoms with Crippen molar-refractivity contribution < 1.29 is 41.5 Å². The summed E-state index contributed by atoms with van der Waals surface area (Å²) in [6.45, 7) is -0.0111. The summed E-state index contributed by atoms with van der Waals surface area (Å²) in [4.78, 5) is 61.8. The van der Waals surface area contributed by atoms with Crippen LogP contribution in [-0.4, -0.2) is 85.6 Å². The van der Waals surface area contributed by atoms with Crippen molar-refractivity contribution in [2.75, 3.05) is 20.2 Å². The van der Waals surface area contributed by atoms with Crippen molar-refractivity contribution in [3.8, 4) is 5.75 Å². The molecule has 0 unspecified atom stereocenters. The third-order valence-electron chi connectivity index (χ3n) is 10.3. The van der Waals surface area contributed by atoms with Crippen LogP contribution in [0.15, 0.2) is 114 Å². The number of hydrogen-bond acceptors (Lipinski definition) is 11. The van der Waals surface area contributed by atoms with Crippen molar-refractivity contribution in [2.45, 2.75) is 74.3 Å². The van der Waals surface area contributed by atoms with E-state index in [4.69, 9.17) is 19.6 Å². The molecule has 4 atom stereocenters. The largest absolute Gasteiger partial charge is 0.497 e. The van der Waals surface area contributed by atoms with E-state index >= 15 is 0 Å². The van der Waals surface area contributed by atoms with E-state index < -0.39 is 56.9 Å². The number of ketones is 1. The molecule has 1 fully saturated rings. The molecule has 5 aromatic rings. The highest BCUT2D eigenvalue weighted by atomic mass is 32.2. The minimum absolute atomic E-state index is 0.0493. The second-order valence-electron chi connectivity index (χ2n) is 14.5. The molecule has 0 aliphatic carbocycles. The summed E-state index contributed by atoms with van der Waals surface area (Å²) < 4.78 is 44.6. The Bertz CT molecular complexity index is 2270. The molecule has 1 aliphatic rings. The van der Waals surface area contributed by atoms with Crippen LogP contribution in [0.2, 0.25) is 0 Å². The number of oxazole rings is 1. The molecule has 3 amide bonds. The molecule has 0 saturated carbocycles. The number of nitrogens with zero attached hydrogens (tertiary/aromatic N) is 2. The highest BCUT2D eigenvalue weighted by Crippen LogP contribution is 2.29. The first-order chi connectivity index (χ1) is 28.5. The van der Waals surface area contributed by atoms with Gasteiger partial charge in [-0.25, -0.2) is 18.2 Å². The number of hydrogen-bond donors (Lipinski definition) is 3. The van der Waals surface area contributed by atoms with Crippen LogP contribution in [0.25, 0.3) is 11.1 Å². The summed E-state index contributed by atoms with van der Waals surface area (Å²) in [5.74, 6) is -1.94. The standard InChI is InChI=1S/C44H49N5O9S/c1-56-33-22-19-32(20-23-33)29-59(54,55)34-26-38(41(51)46-36(17-10-11-25-45)40(50)42-47-35-16-8-9-18-39(35)58-42)49(27-34)43(52)37(24-21-30-12-4-2-5-13-30)48-44(53)57-28-31-14-6-3-7-15-31/h2-9,12-16,18-20,22-23,34,36-38H,10-11,17,21,24-29,45H2,1H3,(H,46,51)(H,48,53)/t34-,36+,37-,38+/m1/s1. The number of alkyl carbamates (subject to hydrolysis) is 1. The number of aromatic nitrogens is 1. The number of amides is 3. The fourth-order valence-electron chi connectivity index (χ4n) is 7.10. The van der Waals surface area contributed by atoms with E-state index in [9.17, 15) is 27.6 Å². The predicted octanol–water partition coefficient (Wildman–Crippen LogP) is 5.15. The number of aryl methyl sites for hydroxylation is 1. The molecule has 4 aromatic carbocycles. The summed E-state index contributed by atoms with van der Waals surface area (Å²) in [6.07, 6.45) is 0.644. The lowest BCUT2D eigenvalue weighted by molar-refractivity contribution is -0.140. The fraction of sp³-hybridized carbons (Fsp3) is 0.341. The highest BCUT2D eigenvalue weighted by molar-refractivity contribution is 7.91. The predicted molar refractivity (Wildman–Crippen MR) is 221 cm³/mol. The number of nitrogens with two attached hydrogens (primary N) is 1. The molecule has 1 aromatic heterocycles. The van der Waals surface area contributed by atoms with Gasteiger partial charge in [0.15, 0.2) is 15.4 Å². The minimum Gasteiger partial charge on any atom is -0.497 e. The zero-order valence-electron chi connectivity index (χ0n) is 32.8. The molecule has 14 nitrogen and oxygen atoms in total. The second-order valence-corrected chi connectivity index (χ2v) is 16.8. The summed E-state index contributed by atoms with van der Waals surface area (Å²) in [7, 11) is -2.45. The van der Waals surface area contributed by atoms with Gasteiger partial charge in [0.2, 0.25) is 17.6 Å². The molecule has 0 radical (unpaired) electrons. The van der Waals surface area contributed by atoms with E-state index in [1.807, 2.05) is 48.5 Å². The first-order valence-corrected chi connectivity index (χ1v) is 21.3. The number of nitrogens with one attached hydrogen (secondary N) is 2. The van der Waals surface area contributed by atoms with Crippen LogP contribution >= 0.6 is 0 Å². The molecular weight excluding hydrogens is 775 g/mol. The fourth-order valence-corrected chi connectivity index (χ4v) is 8.85. The van der Waals surface area contributed by atoms with Gasteiger partial charge in [-0.05, 0) is 86.0 Å². The zero-order valence-corrected chi connectivity index (χ0v) is 33.6. The summed E-state index contributed by atoms with van der Waals surface area (Å²) >= 11 is 0. The van der Waals surface area contributed by atoms with Crippen molar-refractivity contribution in [3.63, 3.8) is 0 Å². The van der Waals surface area contributed by atoms with Crippen LogP contribution in [0.1, 0.15) is 59.5 Å². The number of carbonyl (C=O) groups excluding carboxylic acids is 4. The van der Waals surface area contributed by atoms with Gasteiger partial charge < -0.3 is 35.2 Å². The van der Waals surface area contributed by atoms with Crippen molar-refractivity contribution in [1.29, 1.82) is 0 Å². The van der Waals surface area contributed by atoms with Gasteiger partial charge in [-0.1, -0.05) is 84.9 Å². The van der Waals surface area contributed by atoms with Gasteiger partial charge in [0.1, 0.15) is 30.0 Å². The van der Waals surface area contributed by atoms with Crippen molar-refractivity contribution in [1.82, 2.24) is 20.5 Å². The van der Waals surface area contributed by atoms with Gasteiger partial charge in [0.25, 0.3) is 5.89 Å². The molecule has 2 heterocycles. The average molecular weight is 824 g/mol. The SMILES string of the molecule is COc1ccc(CS(=O)(=O)[C@@H]2C[C@@H](C(=O)N[C@@H](CCCCN)C(=O)c3nc4ccccc4o3)N(C(=O)[C@@H](CCc3ccccc3)NC(=O)OCc3ccccc3)C2)cc1. The van der Waals surface area contributed by atoms with Gasteiger partial charge in [-0.3, -0.25) is 14.4 Å². The number of rotatable bonds is 19. The summed E-state index contributed by atoms with van der Waals surface area (Å²) in [5.41, 5.74) is 8.77. The number of para-hydroxylation sites is 2. The lowest BCUT2D eigenvalue weighted by atomic mass is 10.0. The molecule has 1 aliphatic heterocycles. The molecule has 59 heavy (non-hydrogen) atoms. The zero-order chi connectivity index (χ0) is 41.8. The molecule has 1 saturated heterocycles. The Morgan fingerprint density at radius 1 is 0.831 bits per heavy atom. The van der Waals surface area contributed by atoms with Crippen LogP contribution in [0.5, 0.6) is 5.75 Å². The number of carbonyl (C=O) groups is 4. The third kappa shape index (κ3) is 11.3. The molecule has 0 spiro atoms. The lowest BCUT2D eigenvalue weighted by Gasteiger charge is -2.29. The Labute approximate surface area is 343 Å². The Kier molecular flexibility index (Phi) is 14.5. The number of unbranched alkanes of at least 4 members (excludes halogenated alkanes) is 1. The number of sulfone groups is 1. The van der Waals surface area contributed by atoms with Gasteiger partial charge in [0, 0.05) is 6.54 Å². The van der Waals surface area contributed by atoms with Crippen molar-refractivity contribution in [2.24, 2.45) is 5.73 Å². The molecule has 4 N–H and O–H groups in total.